The summed E-state index contributed by atoms with van der Waals surface area (Å²) in [6, 6.07) is 0. The average Bonchev–Trinajstić information content (AvgIpc) is 2.59. The van der Waals surface area contributed by atoms with Crippen LogP contribution in [0.4, 0.5) is 0 Å². The van der Waals surface area contributed by atoms with Crippen LogP contribution in [0.2, 0.25) is 0 Å². The van der Waals surface area contributed by atoms with Crippen molar-refractivity contribution in [2.75, 3.05) is 0 Å². The van der Waals surface area contributed by atoms with E-state index in [1.807, 2.05) is 11.6 Å². The van der Waals surface area contributed by atoms with Crippen molar-refractivity contribution in [3.05, 3.63) is 17.5 Å². The maximum absolute atomic E-state index is 11.0. The molecule has 0 fully saturated rings. The molecule has 1 rings (SSSR count). The van der Waals surface area contributed by atoms with Gasteiger partial charge in [-0.25, -0.2) is 4.79 Å². The highest BCUT2D eigenvalue weighted by molar-refractivity contribution is 5.88. The summed E-state index contributed by atoms with van der Waals surface area (Å²) in [6.45, 7) is 7.16. The van der Waals surface area contributed by atoms with Gasteiger partial charge in [-0.1, -0.05) is 27.2 Å². The molecule has 0 radical (unpaired) electrons. The van der Waals surface area contributed by atoms with Crippen molar-refractivity contribution in [2.45, 2.75) is 46.6 Å². The summed E-state index contributed by atoms with van der Waals surface area (Å²) in [5, 5.41) is 13.2. The fourth-order valence-corrected chi connectivity index (χ4v) is 1.66. The third-order valence-electron chi connectivity index (χ3n) is 2.58. The first-order chi connectivity index (χ1) is 7.56. The number of hydrogen-bond donors (Lipinski definition) is 1. The Labute approximate surface area is 96.3 Å². The third kappa shape index (κ3) is 3.08. The van der Waals surface area contributed by atoms with Gasteiger partial charge in [0.2, 0.25) is 0 Å². The first kappa shape index (κ1) is 12.7. The molecule has 0 aromatic carbocycles. The maximum Gasteiger partial charge on any atom is 0.339 e. The molecule has 0 aliphatic carbocycles. The molecule has 0 amide bonds. The number of rotatable bonds is 6. The van der Waals surface area contributed by atoms with Gasteiger partial charge in [-0.3, -0.25) is 4.68 Å². The molecule has 90 valence electrons. The second-order valence-corrected chi connectivity index (χ2v) is 4.47. The van der Waals surface area contributed by atoms with Crippen molar-refractivity contribution >= 4 is 5.97 Å². The van der Waals surface area contributed by atoms with Crippen molar-refractivity contribution in [1.82, 2.24) is 9.78 Å². The number of aryl methyl sites for hydroxylation is 1. The molecule has 0 saturated carbocycles. The van der Waals surface area contributed by atoms with Crippen molar-refractivity contribution < 1.29 is 9.90 Å². The summed E-state index contributed by atoms with van der Waals surface area (Å²) in [7, 11) is 0. The lowest BCUT2D eigenvalue weighted by Crippen LogP contribution is -2.09. The Morgan fingerprint density at radius 2 is 2.25 bits per heavy atom. The Morgan fingerprint density at radius 3 is 2.75 bits per heavy atom. The molecule has 4 nitrogen and oxygen atoms in total. The van der Waals surface area contributed by atoms with E-state index < -0.39 is 5.97 Å². The Morgan fingerprint density at radius 1 is 1.56 bits per heavy atom. The molecule has 1 heterocycles. The monoisotopic (exact) mass is 224 g/mol. The van der Waals surface area contributed by atoms with Gasteiger partial charge in [0.15, 0.2) is 0 Å². The van der Waals surface area contributed by atoms with Gasteiger partial charge in [0.25, 0.3) is 0 Å². The van der Waals surface area contributed by atoms with E-state index in [0.717, 1.165) is 31.5 Å². The van der Waals surface area contributed by atoms with E-state index in [9.17, 15) is 4.79 Å². The van der Waals surface area contributed by atoms with Crippen molar-refractivity contribution in [3.8, 4) is 0 Å². The Balaban J connectivity index is 2.86. The lowest BCUT2D eigenvalue weighted by atomic mass is 10.1. The fourth-order valence-electron chi connectivity index (χ4n) is 1.66. The maximum atomic E-state index is 11.0. The zero-order chi connectivity index (χ0) is 12.1. The first-order valence-electron chi connectivity index (χ1n) is 5.84. The number of aromatic carboxylic acids is 1. The number of carbonyl (C=O) groups is 1. The van der Waals surface area contributed by atoms with Crippen LogP contribution in [0.5, 0.6) is 0 Å². The van der Waals surface area contributed by atoms with Gasteiger partial charge in [0.05, 0.1) is 11.9 Å². The van der Waals surface area contributed by atoms with Gasteiger partial charge < -0.3 is 5.11 Å². The van der Waals surface area contributed by atoms with E-state index in [-0.39, 0.29) is 0 Å². The minimum atomic E-state index is -0.876. The fraction of sp³-hybridized carbons (Fsp3) is 0.667. The van der Waals surface area contributed by atoms with Crippen LogP contribution < -0.4 is 0 Å². The summed E-state index contributed by atoms with van der Waals surface area (Å²) < 4.78 is 1.84. The molecule has 1 N–H and O–H groups in total. The normalized spacial score (nSPS) is 11.0. The van der Waals surface area contributed by atoms with Gasteiger partial charge in [0.1, 0.15) is 5.56 Å². The molecule has 0 aliphatic rings. The molecule has 0 spiro atoms. The van der Waals surface area contributed by atoms with Gasteiger partial charge >= 0.3 is 5.97 Å². The standard InChI is InChI=1S/C12H20N2O2/c1-4-5-11-10(12(15)16)8-13-14(11)7-6-9(2)3/h8-9H,4-7H2,1-3H3,(H,15,16). The summed E-state index contributed by atoms with van der Waals surface area (Å²) in [5.74, 6) is -0.272. The van der Waals surface area contributed by atoms with Crippen LogP contribution in [0.15, 0.2) is 6.20 Å². The number of carboxylic acids is 1. The predicted molar refractivity (Wildman–Crippen MR) is 62.6 cm³/mol. The Bertz CT molecular complexity index is 356. The van der Waals surface area contributed by atoms with Crippen LogP contribution >= 0.6 is 0 Å². The average molecular weight is 224 g/mol. The zero-order valence-corrected chi connectivity index (χ0v) is 10.2. The van der Waals surface area contributed by atoms with Crippen molar-refractivity contribution in [3.63, 3.8) is 0 Å². The van der Waals surface area contributed by atoms with Crippen molar-refractivity contribution in [2.24, 2.45) is 5.92 Å². The van der Waals surface area contributed by atoms with E-state index >= 15 is 0 Å². The molecule has 0 bridgehead atoms. The minimum absolute atomic E-state index is 0.352. The number of hydrogen-bond acceptors (Lipinski definition) is 2. The number of aromatic nitrogens is 2. The van der Waals surface area contributed by atoms with Crippen LogP contribution in [0.25, 0.3) is 0 Å². The van der Waals surface area contributed by atoms with Gasteiger partial charge in [-0.05, 0) is 18.8 Å². The lowest BCUT2D eigenvalue weighted by Gasteiger charge is -2.09. The van der Waals surface area contributed by atoms with Gasteiger partial charge in [-0.15, -0.1) is 0 Å². The van der Waals surface area contributed by atoms with E-state index in [1.54, 1.807) is 0 Å². The Kier molecular flexibility index (Phi) is 4.52. The number of carboxylic acid groups (broad SMARTS) is 1. The van der Waals surface area contributed by atoms with E-state index in [0.29, 0.717) is 11.5 Å². The molecule has 0 aliphatic heterocycles. The second-order valence-electron chi connectivity index (χ2n) is 4.47. The Hall–Kier alpha value is -1.32. The summed E-state index contributed by atoms with van der Waals surface area (Å²) in [5.41, 5.74) is 1.21. The highest BCUT2D eigenvalue weighted by Gasteiger charge is 2.15. The lowest BCUT2D eigenvalue weighted by molar-refractivity contribution is 0.0695. The van der Waals surface area contributed by atoms with E-state index in [2.05, 4.69) is 18.9 Å². The molecule has 0 unspecified atom stereocenters. The molecule has 1 aromatic rings. The second kappa shape index (κ2) is 5.68. The molecular formula is C12H20N2O2. The minimum Gasteiger partial charge on any atom is -0.478 e. The molecule has 0 saturated heterocycles. The molecular weight excluding hydrogens is 204 g/mol. The van der Waals surface area contributed by atoms with E-state index in [4.69, 9.17) is 5.11 Å². The predicted octanol–water partition coefficient (Wildman–Crippen LogP) is 2.58. The summed E-state index contributed by atoms with van der Waals surface area (Å²) in [6.07, 6.45) is 4.21. The first-order valence-corrected chi connectivity index (χ1v) is 5.84. The summed E-state index contributed by atoms with van der Waals surface area (Å²) >= 11 is 0. The molecule has 4 heteroatoms. The largest absolute Gasteiger partial charge is 0.478 e. The highest BCUT2D eigenvalue weighted by Crippen LogP contribution is 2.13. The van der Waals surface area contributed by atoms with Gasteiger partial charge in [0, 0.05) is 6.54 Å². The van der Waals surface area contributed by atoms with Crippen LogP contribution in [0.1, 0.15) is 49.7 Å². The quantitative estimate of drug-likeness (QED) is 0.808. The molecule has 0 atom stereocenters. The zero-order valence-electron chi connectivity index (χ0n) is 10.2. The van der Waals surface area contributed by atoms with Crippen LogP contribution in [0, 0.1) is 5.92 Å². The number of nitrogens with zero attached hydrogens (tertiary/aromatic N) is 2. The van der Waals surface area contributed by atoms with Crippen LogP contribution in [0.3, 0.4) is 0 Å². The smallest absolute Gasteiger partial charge is 0.339 e. The highest BCUT2D eigenvalue weighted by atomic mass is 16.4. The third-order valence-corrected chi connectivity index (χ3v) is 2.58. The van der Waals surface area contributed by atoms with Crippen LogP contribution in [-0.4, -0.2) is 20.9 Å². The van der Waals surface area contributed by atoms with Crippen molar-refractivity contribution in [1.29, 1.82) is 0 Å². The van der Waals surface area contributed by atoms with Gasteiger partial charge in [-0.2, -0.15) is 5.10 Å². The summed E-state index contributed by atoms with van der Waals surface area (Å²) in [4.78, 5) is 11.0. The topological polar surface area (TPSA) is 55.1 Å². The van der Waals surface area contributed by atoms with E-state index in [1.165, 1.54) is 6.20 Å². The van der Waals surface area contributed by atoms with Crippen LogP contribution in [-0.2, 0) is 13.0 Å². The molecule has 1 aromatic heterocycles. The molecule has 16 heavy (non-hydrogen) atoms. The SMILES string of the molecule is CCCc1c(C(=O)O)cnn1CCC(C)C.